The van der Waals surface area contributed by atoms with Gasteiger partial charge in [-0.05, 0) is 12.8 Å². The maximum Gasteiger partial charge on any atom is 0.0521 e. The SMILES string of the molecule is C=CC(CC)(CO)CCCCCCCCCCCCC. The third-order valence-electron chi connectivity index (χ3n) is 4.73. The van der Waals surface area contributed by atoms with Crippen molar-refractivity contribution in [2.75, 3.05) is 6.61 Å². The van der Waals surface area contributed by atoms with Crippen LogP contribution in [-0.2, 0) is 0 Å². The molecule has 1 unspecified atom stereocenters. The van der Waals surface area contributed by atoms with Gasteiger partial charge >= 0.3 is 0 Å². The van der Waals surface area contributed by atoms with E-state index in [2.05, 4.69) is 20.4 Å². The lowest BCUT2D eigenvalue weighted by atomic mass is 9.81. The zero-order valence-electron chi connectivity index (χ0n) is 14.1. The number of hydrogen-bond donors (Lipinski definition) is 1. The van der Waals surface area contributed by atoms with Crippen LogP contribution < -0.4 is 0 Å². The Morgan fingerprint density at radius 2 is 1.25 bits per heavy atom. The van der Waals surface area contributed by atoms with Gasteiger partial charge in [-0.1, -0.05) is 90.6 Å². The summed E-state index contributed by atoms with van der Waals surface area (Å²) < 4.78 is 0. The van der Waals surface area contributed by atoms with E-state index in [1.54, 1.807) is 0 Å². The second kappa shape index (κ2) is 13.7. The van der Waals surface area contributed by atoms with Crippen molar-refractivity contribution in [1.29, 1.82) is 0 Å². The van der Waals surface area contributed by atoms with E-state index in [4.69, 9.17) is 0 Å². The molecule has 0 aliphatic carbocycles. The zero-order chi connectivity index (χ0) is 15.1. The molecule has 1 N–H and O–H groups in total. The molecule has 0 saturated heterocycles. The Balaban J connectivity index is 3.34. The maximum atomic E-state index is 9.47. The number of rotatable bonds is 15. The average molecular weight is 283 g/mol. The van der Waals surface area contributed by atoms with Crippen molar-refractivity contribution in [2.45, 2.75) is 97.3 Å². The number of aliphatic hydroxyl groups is 1. The van der Waals surface area contributed by atoms with Crippen LogP contribution in [0.4, 0.5) is 0 Å². The highest BCUT2D eigenvalue weighted by atomic mass is 16.3. The van der Waals surface area contributed by atoms with Crippen LogP contribution in [0.2, 0.25) is 0 Å². The summed E-state index contributed by atoms with van der Waals surface area (Å²) in [4.78, 5) is 0. The van der Waals surface area contributed by atoms with E-state index in [0.717, 1.165) is 12.8 Å². The van der Waals surface area contributed by atoms with Gasteiger partial charge in [-0.2, -0.15) is 0 Å². The zero-order valence-corrected chi connectivity index (χ0v) is 14.1. The molecular weight excluding hydrogens is 244 g/mol. The van der Waals surface area contributed by atoms with Crippen LogP contribution >= 0.6 is 0 Å². The van der Waals surface area contributed by atoms with Crippen molar-refractivity contribution < 1.29 is 5.11 Å². The smallest absolute Gasteiger partial charge is 0.0521 e. The molecule has 0 aromatic carbocycles. The lowest BCUT2D eigenvalue weighted by Gasteiger charge is -2.26. The number of unbranched alkanes of at least 4 members (excludes halogenated alkanes) is 10. The minimum atomic E-state index is -0.0146. The highest BCUT2D eigenvalue weighted by Gasteiger charge is 2.22. The lowest BCUT2D eigenvalue weighted by molar-refractivity contribution is 0.151. The van der Waals surface area contributed by atoms with Gasteiger partial charge in [0.2, 0.25) is 0 Å². The molecule has 0 spiro atoms. The highest BCUT2D eigenvalue weighted by molar-refractivity contribution is 4.93. The van der Waals surface area contributed by atoms with E-state index in [1.807, 2.05) is 6.08 Å². The van der Waals surface area contributed by atoms with Crippen LogP contribution in [0, 0.1) is 5.41 Å². The van der Waals surface area contributed by atoms with E-state index < -0.39 is 0 Å². The van der Waals surface area contributed by atoms with Gasteiger partial charge in [-0.3, -0.25) is 0 Å². The summed E-state index contributed by atoms with van der Waals surface area (Å²) in [5, 5.41) is 9.47. The molecule has 0 heterocycles. The first-order chi connectivity index (χ1) is 9.74. The quantitative estimate of drug-likeness (QED) is 0.277. The first kappa shape index (κ1) is 19.7. The van der Waals surface area contributed by atoms with Crippen LogP contribution in [0.1, 0.15) is 97.3 Å². The van der Waals surface area contributed by atoms with Gasteiger partial charge < -0.3 is 5.11 Å². The number of hydrogen-bond acceptors (Lipinski definition) is 1. The van der Waals surface area contributed by atoms with Gasteiger partial charge in [0, 0.05) is 5.41 Å². The van der Waals surface area contributed by atoms with Crippen LogP contribution in [0.25, 0.3) is 0 Å². The van der Waals surface area contributed by atoms with Crippen LogP contribution in [0.3, 0.4) is 0 Å². The molecule has 0 radical (unpaired) electrons. The molecule has 0 aliphatic rings. The summed E-state index contributed by atoms with van der Waals surface area (Å²) in [6.45, 7) is 8.56. The molecule has 1 atom stereocenters. The van der Waals surface area contributed by atoms with Crippen LogP contribution in [0.15, 0.2) is 12.7 Å². The van der Waals surface area contributed by atoms with Gasteiger partial charge in [0.25, 0.3) is 0 Å². The Morgan fingerprint density at radius 3 is 1.60 bits per heavy atom. The van der Waals surface area contributed by atoms with Crippen molar-refractivity contribution in [3.63, 3.8) is 0 Å². The predicted molar refractivity (Wildman–Crippen MR) is 91.1 cm³/mol. The molecule has 1 nitrogen and oxygen atoms in total. The Morgan fingerprint density at radius 1 is 0.800 bits per heavy atom. The summed E-state index contributed by atoms with van der Waals surface area (Å²) in [7, 11) is 0. The van der Waals surface area contributed by atoms with Gasteiger partial charge in [0.05, 0.1) is 6.61 Å². The molecule has 0 aliphatic heterocycles. The minimum Gasteiger partial charge on any atom is -0.395 e. The van der Waals surface area contributed by atoms with Gasteiger partial charge in [-0.15, -0.1) is 6.58 Å². The first-order valence-corrected chi connectivity index (χ1v) is 8.99. The summed E-state index contributed by atoms with van der Waals surface area (Å²) in [6.07, 6.45) is 19.2. The average Bonchev–Trinajstić information content (AvgIpc) is 2.49. The maximum absolute atomic E-state index is 9.47. The molecule has 0 rings (SSSR count). The minimum absolute atomic E-state index is 0.0146. The van der Waals surface area contributed by atoms with E-state index in [1.165, 1.54) is 70.6 Å². The van der Waals surface area contributed by atoms with Crippen LogP contribution in [0.5, 0.6) is 0 Å². The molecule has 0 amide bonds. The molecule has 20 heavy (non-hydrogen) atoms. The van der Waals surface area contributed by atoms with Crippen molar-refractivity contribution >= 4 is 0 Å². The lowest BCUT2D eigenvalue weighted by Crippen LogP contribution is -2.21. The fourth-order valence-electron chi connectivity index (χ4n) is 2.82. The third kappa shape index (κ3) is 9.58. The molecule has 120 valence electrons. The van der Waals surface area contributed by atoms with Gasteiger partial charge in [-0.25, -0.2) is 0 Å². The summed E-state index contributed by atoms with van der Waals surface area (Å²) >= 11 is 0. The van der Waals surface area contributed by atoms with Crippen molar-refractivity contribution in [3.05, 3.63) is 12.7 Å². The summed E-state index contributed by atoms with van der Waals surface area (Å²) in [5.41, 5.74) is -0.0146. The number of aliphatic hydroxyl groups excluding tert-OH is 1. The van der Waals surface area contributed by atoms with Gasteiger partial charge in [0.15, 0.2) is 0 Å². The van der Waals surface area contributed by atoms with Crippen molar-refractivity contribution in [1.82, 2.24) is 0 Å². The third-order valence-corrected chi connectivity index (χ3v) is 4.73. The molecule has 0 bridgehead atoms. The molecule has 0 aromatic heterocycles. The topological polar surface area (TPSA) is 20.2 Å². The van der Waals surface area contributed by atoms with E-state index >= 15 is 0 Å². The van der Waals surface area contributed by atoms with E-state index in [0.29, 0.717) is 0 Å². The molecule has 0 saturated carbocycles. The highest BCUT2D eigenvalue weighted by Crippen LogP contribution is 2.29. The fraction of sp³-hybridized carbons (Fsp3) is 0.895. The molecule has 0 aromatic rings. The Labute approximate surface area is 127 Å². The predicted octanol–water partition coefficient (Wildman–Crippen LogP) is 6.26. The Hall–Kier alpha value is -0.300. The second-order valence-electron chi connectivity index (χ2n) is 6.36. The van der Waals surface area contributed by atoms with E-state index in [9.17, 15) is 5.11 Å². The van der Waals surface area contributed by atoms with Crippen molar-refractivity contribution in [3.8, 4) is 0 Å². The largest absolute Gasteiger partial charge is 0.395 e. The monoisotopic (exact) mass is 282 g/mol. The van der Waals surface area contributed by atoms with Gasteiger partial charge in [0.1, 0.15) is 0 Å². The van der Waals surface area contributed by atoms with Crippen LogP contribution in [-0.4, -0.2) is 11.7 Å². The fourth-order valence-corrected chi connectivity index (χ4v) is 2.82. The van der Waals surface area contributed by atoms with Crippen molar-refractivity contribution in [2.24, 2.45) is 5.41 Å². The Bertz CT molecular complexity index is 206. The Kier molecular flexibility index (Phi) is 13.5. The normalized spacial score (nSPS) is 14.2. The first-order valence-electron chi connectivity index (χ1n) is 8.99. The second-order valence-corrected chi connectivity index (χ2v) is 6.36. The molecule has 0 fully saturated rings. The standard InChI is InChI=1S/C19H38O/c1-4-7-8-9-10-11-12-13-14-15-16-17-19(5-2,6-3)18-20/h5,20H,2,4,6-18H2,1,3H3. The summed E-state index contributed by atoms with van der Waals surface area (Å²) in [6, 6.07) is 0. The van der Waals surface area contributed by atoms with E-state index in [-0.39, 0.29) is 12.0 Å². The molecular formula is C19H38O. The molecule has 1 heteroatoms. The summed E-state index contributed by atoms with van der Waals surface area (Å²) in [5.74, 6) is 0.